The highest BCUT2D eigenvalue weighted by Crippen LogP contribution is 2.19. The molecule has 0 amide bonds. The molecule has 1 fully saturated rings. The number of nitrogens with one attached hydrogen (secondary N) is 1. The van der Waals surface area contributed by atoms with E-state index in [1.807, 2.05) is 13.0 Å². The number of aromatic nitrogens is 1. The predicted octanol–water partition coefficient (Wildman–Crippen LogP) is 1.58. The Labute approximate surface area is 107 Å². The summed E-state index contributed by atoms with van der Waals surface area (Å²) in [5.41, 5.74) is 0. The molecule has 1 aliphatic heterocycles. The summed E-state index contributed by atoms with van der Waals surface area (Å²) in [5, 5.41) is 3.39. The van der Waals surface area contributed by atoms with Crippen LogP contribution in [0.5, 0.6) is 11.5 Å². The monoisotopic (exact) mass is 252 g/mol. The van der Waals surface area contributed by atoms with Gasteiger partial charge in [-0.25, -0.2) is 0 Å². The molecule has 2 atom stereocenters. The SMILES string of the molecule is COC(C)Oc1cncc(OC[C@@H]2CCCN2)c1. The molecular weight excluding hydrogens is 232 g/mol. The molecule has 100 valence electrons. The quantitative estimate of drug-likeness (QED) is 0.779. The molecule has 1 aromatic rings. The summed E-state index contributed by atoms with van der Waals surface area (Å²) in [6, 6.07) is 2.28. The van der Waals surface area contributed by atoms with Crippen LogP contribution in [-0.4, -0.2) is 37.6 Å². The van der Waals surface area contributed by atoms with Crippen molar-refractivity contribution in [3.63, 3.8) is 0 Å². The van der Waals surface area contributed by atoms with Crippen molar-refractivity contribution in [2.24, 2.45) is 0 Å². The number of nitrogens with zero attached hydrogens (tertiary/aromatic N) is 1. The average molecular weight is 252 g/mol. The molecular formula is C13H20N2O3. The third kappa shape index (κ3) is 3.85. The zero-order valence-electron chi connectivity index (χ0n) is 10.9. The summed E-state index contributed by atoms with van der Waals surface area (Å²) in [6.45, 7) is 3.59. The van der Waals surface area contributed by atoms with E-state index in [0.29, 0.717) is 18.4 Å². The lowest BCUT2D eigenvalue weighted by Gasteiger charge is -2.14. The molecule has 1 saturated heterocycles. The maximum atomic E-state index is 5.70. The molecule has 0 spiro atoms. The van der Waals surface area contributed by atoms with E-state index in [-0.39, 0.29) is 6.29 Å². The molecule has 1 aliphatic rings. The van der Waals surface area contributed by atoms with E-state index in [4.69, 9.17) is 14.2 Å². The van der Waals surface area contributed by atoms with Crippen LogP contribution in [0.4, 0.5) is 0 Å². The van der Waals surface area contributed by atoms with Crippen LogP contribution < -0.4 is 14.8 Å². The minimum atomic E-state index is -0.293. The number of pyridine rings is 1. The summed E-state index contributed by atoms with van der Waals surface area (Å²) in [6.07, 6.45) is 5.44. The van der Waals surface area contributed by atoms with Gasteiger partial charge in [-0.05, 0) is 26.3 Å². The second kappa shape index (κ2) is 6.56. The van der Waals surface area contributed by atoms with E-state index in [1.54, 1.807) is 19.5 Å². The fourth-order valence-corrected chi connectivity index (χ4v) is 1.88. The van der Waals surface area contributed by atoms with Gasteiger partial charge in [0.25, 0.3) is 0 Å². The van der Waals surface area contributed by atoms with Crippen LogP contribution in [-0.2, 0) is 4.74 Å². The van der Waals surface area contributed by atoms with E-state index >= 15 is 0 Å². The minimum Gasteiger partial charge on any atom is -0.490 e. The van der Waals surface area contributed by atoms with Crippen molar-refractivity contribution < 1.29 is 14.2 Å². The second-order valence-corrected chi connectivity index (χ2v) is 4.38. The summed E-state index contributed by atoms with van der Waals surface area (Å²) in [4.78, 5) is 4.09. The average Bonchev–Trinajstić information content (AvgIpc) is 2.90. The van der Waals surface area contributed by atoms with Gasteiger partial charge in [0.2, 0.25) is 0 Å². The lowest BCUT2D eigenvalue weighted by Crippen LogP contribution is -2.28. The fourth-order valence-electron chi connectivity index (χ4n) is 1.88. The molecule has 0 aliphatic carbocycles. The molecule has 2 heterocycles. The van der Waals surface area contributed by atoms with Crippen molar-refractivity contribution in [1.29, 1.82) is 0 Å². The van der Waals surface area contributed by atoms with Crippen LogP contribution in [0.25, 0.3) is 0 Å². The molecule has 5 heteroatoms. The Kier molecular flexibility index (Phi) is 4.78. The van der Waals surface area contributed by atoms with E-state index < -0.39 is 0 Å². The van der Waals surface area contributed by atoms with Gasteiger partial charge >= 0.3 is 0 Å². The first kappa shape index (κ1) is 13.1. The van der Waals surface area contributed by atoms with Crippen LogP contribution in [0.3, 0.4) is 0 Å². The highest BCUT2D eigenvalue weighted by molar-refractivity contribution is 5.28. The van der Waals surface area contributed by atoms with E-state index in [2.05, 4.69) is 10.3 Å². The second-order valence-electron chi connectivity index (χ2n) is 4.38. The van der Waals surface area contributed by atoms with Gasteiger partial charge in [0, 0.05) is 19.2 Å². The molecule has 1 unspecified atom stereocenters. The zero-order valence-corrected chi connectivity index (χ0v) is 10.9. The lowest BCUT2D eigenvalue weighted by atomic mass is 10.2. The van der Waals surface area contributed by atoms with Crippen LogP contribution in [0.2, 0.25) is 0 Å². The van der Waals surface area contributed by atoms with Gasteiger partial charge in [0.05, 0.1) is 12.4 Å². The summed E-state index contributed by atoms with van der Waals surface area (Å²) in [7, 11) is 1.60. The molecule has 0 bridgehead atoms. The van der Waals surface area contributed by atoms with Gasteiger partial charge < -0.3 is 19.5 Å². The predicted molar refractivity (Wildman–Crippen MR) is 67.9 cm³/mol. The Hall–Kier alpha value is -1.33. The van der Waals surface area contributed by atoms with Gasteiger partial charge in [0.15, 0.2) is 6.29 Å². The number of hydrogen-bond acceptors (Lipinski definition) is 5. The third-order valence-corrected chi connectivity index (χ3v) is 2.94. The van der Waals surface area contributed by atoms with Gasteiger partial charge in [-0.15, -0.1) is 0 Å². The maximum Gasteiger partial charge on any atom is 0.196 e. The standard InChI is InChI=1S/C13H20N2O3/c1-10(16-2)18-13-6-12(7-14-8-13)17-9-11-4-3-5-15-11/h6-8,10-11,15H,3-5,9H2,1-2H3/t10?,11-/m0/s1. The Morgan fingerprint density at radius 3 is 3.00 bits per heavy atom. The van der Waals surface area contributed by atoms with Gasteiger partial charge in [-0.2, -0.15) is 0 Å². The van der Waals surface area contributed by atoms with Crippen LogP contribution in [0.1, 0.15) is 19.8 Å². The Bertz CT molecular complexity index is 367. The van der Waals surface area contributed by atoms with Gasteiger partial charge in [-0.1, -0.05) is 0 Å². The summed E-state index contributed by atoms with van der Waals surface area (Å²) in [5.74, 6) is 1.38. The summed E-state index contributed by atoms with van der Waals surface area (Å²) >= 11 is 0. The molecule has 0 aromatic carbocycles. The summed E-state index contributed by atoms with van der Waals surface area (Å²) < 4.78 is 16.2. The number of hydrogen-bond donors (Lipinski definition) is 1. The van der Waals surface area contributed by atoms with Crippen molar-refractivity contribution in [2.75, 3.05) is 20.3 Å². The number of ether oxygens (including phenoxy) is 3. The highest BCUT2D eigenvalue weighted by atomic mass is 16.7. The molecule has 0 radical (unpaired) electrons. The zero-order chi connectivity index (χ0) is 12.8. The van der Waals surface area contributed by atoms with Crippen LogP contribution >= 0.6 is 0 Å². The van der Waals surface area contributed by atoms with Crippen molar-refractivity contribution in [3.8, 4) is 11.5 Å². The first-order chi connectivity index (χ1) is 8.78. The molecule has 1 N–H and O–H groups in total. The highest BCUT2D eigenvalue weighted by Gasteiger charge is 2.14. The topological polar surface area (TPSA) is 52.6 Å². The van der Waals surface area contributed by atoms with Crippen LogP contribution in [0, 0.1) is 0 Å². The molecule has 0 saturated carbocycles. The Balaban J connectivity index is 1.86. The van der Waals surface area contributed by atoms with Crippen molar-refractivity contribution in [3.05, 3.63) is 18.5 Å². The Morgan fingerprint density at radius 1 is 1.44 bits per heavy atom. The van der Waals surface area contributed by atoms with Gasteiger partial charge in [-0.3, -0.25) is 4.98 Å². The van der Waals surface area contributed by atoms with E-state index in [9.17, 15) is 0 Å². The molecule has 5 nitrogen and oxygen atoms in total. The van der Waals surface area contributed by atoms with Crippen molar-refractivity contribution >= 4 is 0 Å². The van der Waals surface area contributed by atoms with Crippen molar-refractivity contribution in [2.45, 2.75) is 32.1 Å². The van der Waals surface area contributed by atoms with Crippen LogP contribution in [0.15, 0.2) is 18.5 Å². The first-order valence-electron chi connectivity index (χ1n) is 6.28. The van der Waals surface area contributed by atoms with E-state index in [1.165, 1.54) is 12.8 Å². The van der Waals surface area contributed by atoms with E-state index in [0.717, 1.165) is 12.3 Å². The number of rotatable bonds is 6. The molecule has 18 heavy (non-hydrogen) atoms. The van der Waals surface area contributed by atoms with Gasteiger partial charge in [0.1, 0.15) is 18.1 Å². The van der Waals surface area contributed by atoms with Crippen molar-refractivity contribution in [1.82, 2.24) is 10.3 Å². The largest absolute Gasteiger partial charge is 0.490 e. The lowest BCUT2D eigenvalue weighted by molar-refractivity contribution is -0.0385. The molecule has 2 rings (SSSR count). The minimum absolute atomic E-state index is 0.293. The maximum absolute atomic E-state index is 5.70. The first-order valence-corrected chi connectivity index (χ1v) is 6.28. The number of methoxy groups -OCH3 is 1. The third-order valence-electron chi connectivity index (χ3n) is 2.94. The Morgan fingerprint density at radius 2 is 2.28 bits per heavy atom. The molecule has 1 aromatic heterocycles. The normalized spacial score (nSPS) is 20.7. The fraction of sp³-hybridized carbons (Fsp3) is 0.615. The smallest absolute Gasteiger partial charge is 0.196 e.